The van der Waals surface area contributed by atoms with Crippen LogP contribution in [0.1, 0.15) is 111 Å². The largest absolute Gasteiger partial charge is 0.497 e. The number of nitrogens with one attached hydrogen (secondary N) is 1. The highest BCUT2D eigenvalue weighted by Gasteiger charge is 2.53. The first-order chi connectivity index (χ1) is 23.1. The summed E-state index contributed by atoms with van der Waals surface area (Å²) in [5.74, 6) is 0. The molecule has 4 heteroatoms. The van der Waals surface area contributed by atoms with E-state index in [1.165, 1.54) is 33.4 Å². The van der Waals surface area contributed by atoms with Crippen molar-refractivity contribution in [1.29, 1.82) is 0 Å². The lowest BCUT2D eigenvalue weighted by Crippen LogP contribution is -2.41. The van der Waals surface area contributed by atoms with Gasteiger partial charge in [0.05, 0.1) is 18.1 Å². The third kappa shape index (κ3) is 4.79. The van der Waals surface area contributed by atoms with Gasteiger partial charge in [0, 0.05) is 22.3 Å². The zero-order chi connectivity index (χ0) is 36.5. The van der Waals surface area contributed by atoms with E-state index in [1.807, 2.05) is 18.2 Å². The zero-order valence-electron chi connectivity index (χ0n) is 33.4. The van der Waals surface area contributed by atoms with Crippen LogP contribution in [-0.2, 0) is 25.6 Å². The van der Waals surface area contributed by atoms with Crippen molar-refractivity contribution in [3.8, 4) is 22.3 Å². The Morgan fingerprint density at radius 3 is 1.87 bits per heavy atom. The average molecular weight is 603 g/mol. The highest BCUT2D eigenvalue weighted by molar-refractivity contribution is 6.64. The molecule has 0 radical (unpaired) electrons. The van der Waals surface area contributed by atoms with Gasteiger partial charge >= 0.3 is 7.12 Å². The van der Waals surface area contributed by atoms with Crippen molar-refractivity contribution in [3.63, 3.8) is 0 Å². The first-order valence-electron chi connectivity index (χ1n) is 18.8. The normalized spacial score (nSPS) is 22.7. The van der Waals surface area contributed by atoms with Gasteiger partial charge in [-0.15, -0.1) is 0 Å². The molecule has 0 unspecified atom stereocenters. The van der Waals surface area contributed by atoms with Crippen LogP contribution in [0.15, 0.2) is 78.7 Å². The SMILES string of the molecule is [2H]c1c([2H])c([2H])c(-c2cccc(Nc3cc4c(cc3B3OC(C)(C)C(C)(C)O3)-c3cc5c(cc3C4(C)C)C(C)(C)CCC5(C)C)c2)c([2H])c1[2H]. The van der Waals surface area contributed by atoms with Crippen LogP contribution >= 0.6 is 0 Å². The molecule has 0 atom stereocenters. The number of hydrogen-bond acceptors (Lipinski definition) is 3. The van der Waals surface area contributed by atoms with E-state index < -0.39 is 24.4 Å². The number of anilines is 2. The van der Waals surface area contributed by atoms with E-state index in [4.69, 9.17) is 16.2 Å². The van der Waals surface area contributed by atoms with E-state index in [2.05, 4.69) is 98.8 Å². The van der Waals surface area contributed by atoms with Crippen molar-refractivity contribution in [2.45, 2.75) is 110 Å². The van der Waals surface area contributed by atoms with Gasteiger partial charge in [0.25, 0.3) is 0 Å². The number of benzene rings is 4. The van der Waals surface area contributed by atoms with Crippen LogP contribution in [0.25, 0.3) is 22.3 Å². The van der Waals surface area contributed by atoms with E-state index in [9.17, 15) is 0 Å². The zero-order valence-corrected chi connectivity index (χ0v) is 28.4. The Labute approximate surface area is 277 Å². The fourth-order valence-electron chi connectivity index (χ4n) is 7.43. The second-order valence-electron chi connectivity index (χ2n) is 16.1. The standard InChI is InChI=1S/C41H48BNO2/c1-37(2)19-20-38(3,4)34-24-31-29(22-33(34)37)30-23-35(42-44-40(7,8)41(9,10)45-42)36(25-32(30)39(31,5)6)43-28-18-14-17-27(21-28)26-15-12-11-13-16-26/h11-18,21-25,43H,19-20H2,1-10H3/i11D,12D,13D,15D,16D. The van der Waals surface area contributed by atoms with Gasteiger partial charge in [-0.1, -0.05) is 96.0 Å². The van der Waals surface area contributed by atoms with E-state index in [0.717, 1.165) is 29.7 Å². The smallest absolute Gasteiger partial charge is 0.399 e. The lowest BCUT2D eigenvalue weighted by molar-refractivity contribution is 0.00578. The molecule has 0 aromatic heterocycles. The molecule has 7 rings (SSSR count). The lowest BCUT2D eigenvalue weighted by atomic mass is 9.62. The maximum absolute atomic E-state index is 8.56. The lowest BCUT2D eigenvalue weighted by Gasteiger charge is -2.42. The molecule has 1 fully saturated rings. The second kappa shape index (κ2) is 9.83. The predicted octanol–water partition coefficient (Wildman–Crippen LogP) is 10.1. The minimum atomic E-state index is -0.628. The minimum Gasteiger partial charge on any atom is -0.399 e. The first-order valence-corrected chi connectivity index (χ1v) is 16.3. The topological polar surface area (TPSA) is 30.5 Å². The van der Waals surface area contributed by atoms with Crippen molar-refractivity contribution in [1.82, 2.24) is 0 Å². The summed E-state index contributed by atoms with van der Waals surface area (Å²) in [7, 11) is -0.628. The van der Waals surface area contributed by atoms with Gasteiger partial charge in [-0.3, -0.25) is 0 Å². The van der Waals surface area contributed by atoms with Gasteiger partial charge in [0.15, 0.2) is 0 Å². The van der Waals surface area contributed by atoms with Gasteiger partial charge in [0.1, 0.15) is 0 Å². The first kappa shape index (κ1) is 24.8. The summed E-state index contributed by atoms with van der Waals surface area (Å²) in [5, 5.41) is 3.66. The van der Waals surface area contributed by atoms with Crippen LogP contribution in [0.5, 0.6) is 0 Å². The Morgan fingerprint density at radius 1 is 0.644 bits per heavy atom. The van der Waals surface area contributed by atoms with Crippen LogP contribution in [-0.4, -0.2) is 18.3 Å². The molecule has 3 nitrogen and oxygen atoms in total. The van der Waals surface area contributed by atoms with E-state index >= 15 is 0 Å². The molecule has 2 aliphatic carbocycles. The van der Waals surface area contributed by atoms with E-state index in [0.29, 0.717) is 5.56 Å². The van der Waals surface area contributed by atoms with Crippen molar-refractivity contribution in [2.24, 2.45) is 0 Å². The quantitative estimate of drug-likeness (QED) is 0.236. The Morgan fingerprint density at radius 2 is 1.22 bits per heavy atom. The maximum atomic E-state index is 8.56. The maximum Gasteiger partial charge on any atom is 0.497 e. The third-order valence-corrected chi connectivity index (χ3v) is 11.3. The van der Waals surface area contributed by atoms with Crippen molar-refractivity contribution >= 4 is 24.0 Å². The Balaban J connectivity index is 1.40. The number of rotatable bonds is 4. The monoisotopic (exact) mass is 602 g/mol. The number of hydrogen-bond donors (Lipinski definition) is 1. The Hall–Kier alpha value is -3.34. The molecule has 4 aromatic carbocycles. The molecule has 1 aliphatic heterocycles. The fraction of sp³-hybridized carbons (Fsp3) is 0.415. The van der Waals surface area contributed by atoms with Gasteiger partial charge in [-0.05, 0) is 120 Å². The molecule has 4 aromatic rings. The summed E-state index contributed by atoms with van der Waals surface area (Å²) in [4.78, 5) is 0. The summed E-state index contributed by atoms with van der Waals surface area (Å²) >= 11 is 0. The van der Waals surface area contributed by atoms with Crippen LogP contribution in [0.3, 0.4) is 0 Å². The van der Waals surface area contributed by atoms with Crippen LogP contribution in [0.4, 0.5) is 11.4 Å². The van der Waals surface area contributed by atoms with E-state index in [1.54, 1.807) is 6.07 Å². The molecule has 232 valence electrons. The molecule has 0 bridgehead atoms. The molecule has 1 N–H and O–H groups in total. The van der Waals surface area contributed by atoms with Gasteiger partial charge in [0.2, 0.25) is 0 Å². The van der Waals surface area contributed by atoms with Crippen molar-refractivity contribution in [2.75, 3.05) is 5.32 Å². The second-order valence-corrected chi connectivity index (χ2v) is 16.1. The fourth-order valence-corrected chi connectivity index (χ4v) is 7.43. The predicted molar refractivity (Wildman–Crippen MR) is 190 cm³/mol. The summed E-state index contributed by atoms with van der Waals surface area (Å²) in [6, 6.07) is 15.3. The van der Waals surface area contributed by atoms with Crippen LogP contribution in [0.2, 0.25) is 0 Å². The summed E-state index contributed by atoms with van der Waals surface area (Å²) in [6.07, 6.45) is 2.30. The summed E-state index contributed by atoms with van der Waals surface area (Å²) in [6.45, 7) is 22.4. The Bertz CT molecular complexity index is 2060. The van der Waals surface area contributed by atoms with E-state index in [-0.39, 0.29) is 46.0 Å². The molecule has 1 saturated heterocycles. The third-order valence-electron chi connectivity index (χ3n) is 11.3. The average Bonchev–Trinajstić information content (AvgIpc) is 3.39. The van der Waals surface area contributed by atoms with Gasteiger partial charge in [-0.25, -0.2) is 0 Å². The van der Waals surface area contributed by atoms with Gasteiger partial charge < -0.3 is 14.6 Å². The summed E-state index contributed by atoms with van der Waals surface area (Å²) in [5.41, 5.74) is 9.86. The highest BCUT2D eigenvalue weighted by atomic mass is 16.7. The minimum absolute atomic E-state index is 0.0775. The molecule has 3 aliphatic rings. The number of fused-ring (bicyclic) bond motifs is 4. The van der Waals surface area contributed by atoms with Crippen molar-refractivity contribution < 1.29 is 16.2 Å². The van der Waals surface area contributed by atoms with Crippen molar-refractivity contribution in [3.05, 3.63) is 101 Å². The highest BCUT2D eigenvalue weighted by Crippen LogP contribution is 2.55. The van der Waals surface area contributed by atoms with Gasteiger partial charge in [-0.2, -0.15) is 0 Å². The molecule has 0 amide bonds. The van der Waals surface area contributed by atoms with Crippen LogP contribution < -0.4 is 10.8 Å². The molecular formula is C41H48BNO2. The molecule has 1 heterocycles. The summed E-state index contributed by atoms with van der Waals surface area (Å²) < 4.78 is 54.9. The molecular weight excluding hydrogens is 549 g/mol. The Kier molecular flexibility index (Phi) is 5.43. The van der Waals surface area contributed by atoms with Crippen LogP contribution in [0, 0.1) is 0 Å². The molecule has 45 heavy (non-hydrogen) atoms. The molecule has 0 spiro atoms. The molecule has 0 saturated carbocycles.